The largest absolute Gasteiger partial charge is 0.457 e. The number of nitrogens with zero attached hydrogens (tertiary/aromatic N) is 4. The molecule has 1 saturated carbocycles. The number of hydrogen-bond acceptors (Lipinski definition) is 7. The molecule has 0 radical (unpaired) electrons. The van der Waals surface area contributed by atoms with E-state index in [4.69, 9.17) is 4.74 Å². The first-order valence-corrected chi connectivity index (χ1v) is 12.2. The summed E-state index contributed by atoms with van der Waals surface area (Å²) >= 11 is 0. The van der Waals surface area contributed by atoms with Crippen molar-refractivity contribution in [3.05, 3.63) is 93.4 Å². The van der Waals surface area contributed by atoms with Gasteiger partial charge in [-0.1, -0.05) is 42.8 Å². The van der Waals surface area contributed by atoms with Crippen molar-refractivity contribution >= 4 is 28.6 Å². The number of nitrogens with one attached hydrogen (secondary N) is 1. The summed E-state index contributed by atoms with van der Waals surface area (Å²) in [6.45, 7) is -0.826. The number of alkyl halides is 2. The summed E-state index contributed by atoms with van der Waals surface area (Å²) in [5.41, 5.74) is -0.532. The van der Waals surface area contributed by atoms with Crippen LogP contribution < -0.4 is 10.9 Å². The van der Waals surface area contributed by atoms with Crippen LogP contribution in [0.1, 0.15) is 58.8 Å². The monoisotopic (exact) mass is 537 g/mol. The number of carbonyl (C=O) groups is 2. The number of hydrogen-bond donors (Lipinski definition) is 1. The standard InChI is InChI=1S/C27H22F3N5O4/c28-17-11-31-27(32-12-17)33-20(36)13-35-25(37)19-10-9-18(16-7-4-8-16)22(21(19)23(34-35)24(29)30)26(38)39-14-15-5-2-1-3-6-15/h1-3,5-6,9-12,16,24H,4,7-8,13-14H2,(H,31,32,33,36). The summed E-state index contributed by atoms with van der Waals surface area (Å²) in [6.07, 6.45) is 0.955. The maximum atomic E-state index is 14.4. The van der Waals surface area contributed by atoms with Crippen molar-refractivity contribution in [2.75, 3.05) is 5.32 Å². The Morgan fingerprint density at radius 2 is 1.79 bits per heavy atom. The molecule has 200 valence electrons. The third-order valence-electron chi connectivity index (χ3n) is 6.52. The molecule has 9 nitrogen and oxygen atoms in total. The first kappa shape index (κ1) is 26.0. The van der Waals surface area contributed by atoms with Crippen LogP contribution in [0.25, 0.3) is 10.8 Å². The predicted octanol–water partition coefficient (Wildman–Crippen LogP) is 4.53. The van der Waals surface area contributed by atoms with Crippen molar-refractivity contribution in [3.63, 3.8) is 0 Å². The minimum Gasteiger partial charge on any atom is -0.457 e. The van der Waals surface area contributed by atoms with E-state index >= 15 is 0 Å². The number of fused-ring (bicyclic) bond motifs is 1. The summed E-state index contributed by atoms with van der Waals surface area (Å²) in [4.78, 5) is 46.3. The highest BCUT2D eigenvalue weighted by Gasteiger charge is 2.31. The summed E-state index contributed by atoms with van der Waals surface area (Å²) in [7, 11) is 0. The molecule has 0 unspecified atom stereocenters. The van der Waals surface area contributed by atoms with Gasteiger partial charge in [0.2, 0.25) is 11.9 Å². The fraction of sp³-hybridized carbons (Fsp3) is 0.259. The molecule has 0 aliphatic heterocycles. The summed E-state index contributed by atoms with van der Waals surface area (Å²) in [5, 5.41) is 5.56. The highest BCUT2D eigenvalue weighted by molar-refractivity contribution is 6.07. The van der Waals surface area contributed by atoms with E-state index in [0.29, 0.717) is 15.8 Å². The smallest absolute Gasteiger partial charge is 0.339 e. The third kappa shape index (κ3) is 5.49. The topological polar surface area (TPSA) is 116 Å². The van der Waals surface area contributed by atoms with Gasteiger partial charge in [0.05, 0.1) is 23.3 Å². The Labute approximate surface area is 219 Å². The highest BCUT2D eigenvalue weighted by atomic mass is 19.3. The Morgan fingerprint density at radius 3 is 2.44 bits per heavy atom. The molecule has 1 aliphatic rings. The number of halogens is 3. The number of amides is 1. The Hall–Kier alpha value is -4.61. The molecule has 2 aromatic carbocycles. The molecule has 1 aliphatic carbocycles. The zero-order chi connectivity index (χ0) is 27.5. The Balaban J connectivity index is 1.55. The molecule has 5 rings (SSSR count). The Bertz CT molecular complexity index is 1590. The van der Waals surface area contributed by atoms with Crippen LogP contribution in [-0.2, 0) is 22.7 Å². The molecule has 1 amide bonds. The zero-order valence-electron chi connectivity index (χ0n) is 20.4. The third-order valence-corrected chi connectivity index (χ3v) is 6.52. The minimum absolute atomic E-state index is 0.0388. The molecule has 0 spiro atoms. The van der Waals surface area contributed by atoms with Gasteiger partial charge in [0, 0.05) is 5.39 Å². The lowest BCUT2D eigenvalue weighted by molar-refractivity contribution is -0.117. The number of aromatic nitrogens is 4. The molecule has 1 fully saturated rings. The molecule has 1 N–H and O–H groups in total. The summed E-state index contributed by atoms with van der Waals surface area (Å²) in [6, 6.07) is 11.8. The SMILES string of the molecule is O=C(Cn1nc(C(F)F)c2c(C(=O)OCc3ccccc3)c(C3CCC3)ccc2c1=O)Nc1ncc(F)cn1. The van der Waals surface area contributed by atoms with E-state index in [1.54, 1.807) is 30.3 Å². The van der Waals surface area contributed by atoms with Crippen LogP contribution in [0.2, 0.25) is 0 Å². The van der Waals surface area contributed by atoms with Gasteiger partial charge in [-0.15, -0.1) is 0 Å². The van der Waals surface area contributed by atoms with E-state index in [2.05, 4.69) is 20.4 Å². The van der Waals surface area contributed by atoms with Gasteiger partial charge in [-0.25, -0.2) is 32.6 Å². The van der Waals surface area contributed by atoms with E-state index in [1.807, 2.05) is 6.07 Å². The minimum atomic E-state index is -3.17. The number of esters is 1. The van der Waals surface area contributed by atoms with Gasteiger partial charge in [0.1, 0.15) is 18.8 Å². The van der Waals surface area contributed by atoms with Crippen LogP contribution in [0, 0.1) is 5.82 Å². The molecule has 0 atom stereocenters. The molecule has 2 heterocycles. The maximum Gasteiger partial charge on any atom is 0.339 e. The lowest BCUT2D eigenvalue weighted by Crippen LogP contribution is -2.32. The number of anilines is 1. The molecule has 0 bridgehead atoms. The second-order valence-corrected chi connectivity index (χ2v) is 9.06. The summed E-state index contributed by atoms with van der Waals surface area (Å²) < 4.78 is 47.8. The van der Waals surface area contributed by atoms with Crippen molar-refractivity contribution < 1.29 is 27.5 Å². The van der Waals surface area contributed by atoms with Crippen LogP contribution in [0.5, 0.6) is 0 Å². The van der Waals surface area contributed by atoms with Crippen LogP contribution >= 0.6 is 0 Å². The van der Waals surface area contributed by atoms with Crippen LogP contribution in [0.3, 0.4) is 0 Å². The predicted molar refractivity (Wildman–Crippen MR) is 134 cm³/mol. The van der Waals surface area contributed by atoms with E-state index in [1.165, 1.54) is 6.07 Å². The summed E-state index contributed by atoms with van der Waals surface area (Å²) in [5.74, 6) is -2.68. The van der Waals surface area contributed by atoms with E-state index in [9.17, 15) is 27.6 Å². The van der Waals surface area contributed by atoms with Crippen LogP contribution in [0.15, 0.2) is 59.7 Å². The first-order chi connectivity index (χ1) is 18.8. The lowest BCUT2D eigenvalue weighted by Gasteiger charge is -2.28. The maximum absolute atomic E-state index is 14.4. The van der Waals surface area contributed by atoms with Crippen molar-refractivity contribution in [1.29, 1.82) is 0 Å². The Morgan fingerprint density at radius 1 is 1.08 bits per heavy atom. The number of rotatable bonds is 8. The Kier molecular flexibility index (Phi) is 7.35. The zero-order valence-corrected chi connectivity index (χ0v) is 20.4. The van der Waals surface area contributed by atoms with Gasteiger partial charge < -0.3 is 4.74 Å². The molecular formula is C27H22F3N5O4. The average molecular weight is 537 g/mol. The lowest BCUT2D eigenvalue weighted by atomic mass is 9.77. The molecule has 0 saturated heterocycles. The van der Waals surface area contributed by atoms with Gasteiger partial charge >= 0.3 is 5.97 Å². The number of carbonyl (C=O) groups excluding carboxylic acids is 2. The normalized spacial score (nSPS) is 13.3. The second kappa shape index (κ2) is 11.0. The molecular weight excluding hydrogens is 515 g/mol. The van der Waals surface area contributed by atoms with Crippen LogP contribution in [-0.4, -0.2) is 31.6 Å². The van der Waals surface area contributed by atoms with Crippen molar-refractivity contribution in [3.8, 4) is 0 Å². The highest BCUT2D eigenvalue weighted by Crippen LogP contribution is 2.41. The number of benzene rings is 2. The molecule has 12 heteroatoms. The average Bonchev–Trinajstić information content (AvgIpc) is 2.89. The molecule has 2 aromatic heterocycles. The molecule has 39 heavy (non-hydrogen) atoms. The van der Waals surface area contributed by atoms with Crippen LogP contribution in [0.4, 0.5) is 19.1 Å². The quantitative estimate of drug-likeness (QED) is 0.329. The van der Waals surface area contributed by atoms with Gasteiger partial charge in [0.15, 0.2) is 5.82 Å². The van der Waals surface area contributed by atoms with E-state index < -0.39 is 41.9 Å². The van der Waals surface area contributed by atoms with Gasteiger partial charge in [-0.05, 0) is 36.0 Å². The van der Waals surface area contributed by atoms with E-state index in [0.717, 1.165) is 31.7 Å². The van der Waals surface area contributed by atoms with Crippen molar-refractivity contribution in [2.24, 2.45) is 0 Å². The van der Waals surface area contributed by atoms with Crippen molar-refractivity contribution in [1.82, 2.24) is 19.7 Å². The van der Waals surface area contributed by atoms with Gasteiger partial charge in [0.25, 0.3) is 12.0 Å². The fourth-order valence-corrected chi connectivity index (χ4v) is 4.44. The van der Waals surface area contributed by atoms with E-state index in [-0.39, 0.29) is 34.8 Å². The van der Waals surface area contributed by atoms with Crippen molar-refractivity contribution in [2.45, 2.75) is 44.8 Å². The molecule has 4 aromatic rings. The van der Waals surface area contributed by atoms with Gasteiger partial charge in [-0.3, -0.25) is 14.9 Å². The number of ether oxygens (including phenoxy) is 1. The van der Waals surface area contributed by atoms with Gasteiger partial charge in [-0.2, -0.15) is 5.10 Å². The second-order valence-electron chi connectivity index (χ2n) is 9.06. The fourth-order valence-electron chi connectivity index (χ4n) is 4.44. The first-order valence-electron chi connectivity index (χ1n) is 12.2.